The van der Waals surface area contributed by atoms with Crippen molar-refractivity contribution in [2.75, 3.05) is 6.61 Å². The van der Waals surface area contributed by atoms with Crippen LogP contribution in [0.25, 0.3) is 11.0 Å². The first-order chi connectivity index (χ1) is 8.38. The summed E-state index contributed by atoms with van der Waals surface area (Å²) in [5.74, 6) is 6.46. The molecule has 0 radical (unpaired) electrons. The van der Waals surface area contributed by atoms with Crippen LogP contribution in [0.3, 0.4) is 0 Å². The Morgan fingerprint density at radius 3 is 2.94 bits per heavy atom. The van der Waals surface area contributed by atoms with Crippen molar-refractivity contribution in [1.29, 1.82) is 0 Å². The lowest BCUT2D eigenvalue weighted by atomic mass is 10.1. The van der Waals surface area contributed by atoms with E-state index in [1.165, 1.54) is 0 Å². The Kier molecular flexibility index (Phi) is 2.84. The first-order valence-corrected chi connectivity index (χ1v) is 5.94. The van der Waals surface area contributed by atoms with Crippen LogP contribution >= 0.6 is 0 Å². The summed E-state index contributed by atoms with van der Waals surface area (Å²) in [6, 6.07) is 9.92. The highest BCUT2D eigenvalue weighted by Crippen LogP contribution is 2.30. The molecule has 2 aromatic rings. The second-order valence-electron chi connectivity index (χ2n) is 4.38. The molecule has 0 saturated carbocycles. The van der Waals surface area contributed by atoms with Gasteiger partial charge in [-0.1, -0.05) is 18.2 Å². The van der Waals surface area contributed by atoms with E-state index >= 15 is 0 Å². The minimum atomic E-state index is -0.0649. The van der Waals surface area contributed by atoms with Gasteiger partial charge in [-0.3, -0.25) is 5.84 Å². The van der Waals surface area contributed by atoms with Crippen LogP contribution in [0.15, 0.2) is 34.7 Å². The lowest BCUT2D eigenvalue weighted by Gasteiger charge is -2.19. The van der Waals surface area contributed by atoms with Gasteiger partial charge in [0, 0.05) is 12.0 Å². The fraction of sp³-hybridized carbons (Fsp3) is 0.385. The summed E-state index contributed by atoms with van der Waals surface area (Å²) in [5, 5.41) is 1.10. The van der Waals surface area contributed by atoms with E-state index < -0.39 is 0 Å². The molecule has 1 aliphatic rings. The molecule has 1 aromatic heterocycles. The summed E-state index contributed by atoms with van der Waals surface area (Å²) in [6.45, 7) is 0.809. The average Bonchev–Trinajstić information content (AvgIpc) is 2.98. The quantitative estimate of drug-likeness (QED) is 0.628. The van der Waals surface area contributed by atoms with Crippen LogP contribution in [0.2, 0.25) is 0 Å². The lowest BCUT2D eigenvalue weighted by molar-refractivity contribution is 0.0718. The zero-order chi connectivity index (χ0) is 11.7. The summed E-state index contributed by atoms with van der Waals surface area (Å²) in [6.07, 6.45) is 2.22. The summed E-state index contributed by atoms with van der Waals surface area (Å²) in [4.78, 5) is 0. The van der Waals surface area contributed by atoms with E-state index in [-0.39, 0.29) is 12.1 Å². The topological polar surface area (TPSA) is 60.4 Å². The number of para-hydroxylation sites is 1. The number of benzene rings is 1. The van der Waals surface area contributed by atoms with Gasteiger partial charge >= 0.3 is 0 Å². The van der Waals surface area contributed by atoms with Crippen LogP contribution in [0.1, 0.15) is 24.6 Å². The lowest BCUT2D eigenvalue weighted by Crippen LogP contribution is -2.36. The van der Waals surface area contributed by atoms with E-state index in [4.69, 9.17) is 15.0 Å². The molecule has 4 heteroatoms. The summed E-state index contributed by atoms with van der Waals surface area (Å²) in [5.41, 5.74) is 3.69. The molecule has 1 aliphatic heterocycles. The third-order valence-electron chi connectivity index (χ3n) is 3.27. The average molecular weight is 232 g/mol. The molecule has 3 N–H and O–H groups in total. The Bertz CT molecular complexity index is 470. The Morgan fingerprint density at radius 2 is 2.24 bits per heavy atom. The number of hydrazine groups is 1. The van der Waals surface area contributed by atoms with E-state index in [1.54, 1.807) is 0 Å². The zero-order valence-electron chi connectivity index (χ0n) is 9.56. The number of nitrogens with two attached hydrogens (primary N) is 1. The molecule has 90 valence electrons. The third kappa shape index (κ3) is 1.95. The van der Waals surface area contributed by atoms with Crippen molar-refractivity contribution in [3.8, 4) is 0 Å². The van der Waals surface area contributed by atoms with Gasteiger partial charge in [0.1, 0.15) is 17.4 Å². The monoisotopic (exact) mass is 232 g/mol. The second kappa shape index (κ2) is 4.49. The number of ether oxygens (including phenoxy) is 1. The molecule has 1 saturated heterocycles. The minimum absolute atomic E-state index is 0.0649. The third-order valence-corrected chi connectivity index (χ3v) is 3.27. The van der Waals surface area contributed by atoms with Gasteiger partial charge in [0.25, 0.3) is 0 Å². The van der Waals surface area contributed by atoms with Gasteiger partial charge in [0.05, 0.1) is 6.10 Å². The normalized spacial score (nSPS) is 22.1. The molecule has 2 atom stereocenters. The van der Waals surface area contributed by atoms with Crippen molar-refractivity contribution in [3.05, 3.63) is 36.1 Å². The van der Waals surface area contributed by atoms with Crippen LogP contribution in [-0.4, -0.2) is 12.7 Å². The van der Waals surface area contributed by atoms with Crippen molar-refractivity contribution in [3.63, 3.8) is 0 Å². The molecule has 2 heterocycles. The van der Waals surface area contributed by atoms with Crippen molar-refractivity contribution in [1.82, 2.24) is 5.43 Å². The maximum Gasteiger partial charge on any atom is 0.134 e. The van der Waals surface area contributed by atoms with E-state index in [9.17, 15) is 0 Å². The number of nitrogens with one attached hydrogen (secondary N) is 1. The Morgan fingerprint density at radius 1 is 1.35 bits per heavy atom. The largest absolute Gasteiger partial charge is 0.459 e. The number of hydrogen-bond donors (Lipinski definition) is 2. The van der Waals surface area contributed by atoms with Crippen molar-refractivity contribution < 1.29 is 9.15 Å². The molecule has 0 bridgehead atoms. The molecule has 0 spiro atoms. The maximum absolute atomic E-state index is 5.81. The highest BCUT2D eigenvalue weighted by Gasteiger charge is 2.28. The summed E-state index contributed by atoms with van der Waals surface area (Å²) < 4.78 is 11.5. The molecule has 0 amide bonds. The fourth-order valence-electron chi connectivity index (χ4n) is 2.39. The number of hydrogen-bond acceptors (Lipinski definition) is 4. The smallest absolute Gasteiger partial charge is 0.134 e. The van der Waals surface area contributed by atoms with Crippen LogP contribution in [0.4, 0.5) is 0 Å². The molecule has 2 unspecified atom stereocenters. The maximum atomic E-state index is 5.81. The predicted octanol–water partition coefficient (Wildman–Crippen LogP) is 2.12. The highest BCUT2D eigenvalue weighted by atomic mass is 16.5. The van der Waals surface area contributed by atoms with E-state index in [2.05, 4.69) is 5.43 Å². The van der Waals surface area contributed by atoms with Crippen LogP contribution in [0, 0.1) is 0 Å². The molecule has 17 heavy (non-hydrogen) atoms. The molecular formula is C13H16N2O2. The van der Waals surface area contributed by atoms with E-state index in [1.807, 2.05) is 30.3 Å². The number of rotatable bonds is 3. The van der Waals surface area contributed by atoms with Crippen LogP contribution in [-0.2, 0) is 4.74 Å². The van der Waals surface area contributed by atoms with Crippen molar-refractivity contribution >= 4 is 11.0 Å². The van der Waals surface area contributed by atoms with Gasteiger partial charge in [0.2, 0.25) is 0 Å². The Balaban J connectivity index is 1.94. The van der Waals surface area contributed by atoms with Crippen LogP contribution < -0.4 is 11.3 Å². The van der Waals surface area contributed by atoms with Crippen molar-refractivity contribution in [2.45, 2.75) is 25.0 Å². The van der Waals surface area contributed by atoms with Crippen molar-refractivity contribution in [2.24, 2.45) is 5.84 Å². The molecule has 4 nitrogen and oxygen atoms in total. The molecule has 1 fully saturated rings. The number of fused-ring (bicyclic) bond motifs is 1. The first-order valence-electron chi connectivity index (χ1n) is 5.94. The van der Waals surface area contributed by atoms with Crippen LogP contribution in [0.5, 0.6) is 0 Å². The predicted molar refractivity (Wildman–Crippen MR) is 65.3 cm³/mol. The van der Waals surface area contributed by atoms with Gasteiger partial charge in [0.15, 0.2) is 0 Å². The first kappa shape index (κ1) is 10.8. The summed E-state index contributed by atoms with van der Waals surface area (Å²) in [7, 11) is 0. The van der Waals surface area contributed by atoms with E-state index in [0.29, 0.717) is 0 Å². The highest BCUT2D eigenvalue weighted by molar-refractivity contribution is 5.77. The SMILES string of the molecule is NNC(c1cc2ccccc2o1)C1CCCO1. The minimum Gasteiger partial charge on any atom is -0.459 e. The van der Waals surface area contributed by atoms with Gasteiger partial charge in [-0.2, -0.15) is 0 Å². The standard InChI is InChI=1S/C13H16N2O2/c14-15-13(11-6-3-7-16-11)12-8-9-4-1-2-5-10(9)17-12/h1-2,4-5,8,11,13,15H,3,6-7,14H2. The summed E-state index contributed by atoms with van der Waals surface area (Å²) >= 11 is 0. The zero-order valence-corrected chi connectivity index (χ0v) is 9.56. The molecule has 0 aliphatic carbocycles. The van der Waals surface area contributed by atoms with Gasteiger partial charge in [-0.25, -0.2) is 5.43 Å². The van der Waals surface area contributed by atoms with Gasteiger partial charge in [-0.15, -0.1) is 0 Å². The van der Waals surface area contributed by atoms with Gasteiger partial charge in [-0.05, 0) is 25.0 Å². The second-order valence-corrected chi connectivity index (χ2v) is 4.38. The molecule has 1 aromatic carbocycles. The molecule has 3 rings (SSSR count). The molecular weight excluding hydrogens is 216 g/mol. The van der Waals surface area contributed by atoms with Gasteiger partial charge < -0.3 is 9.15 Å². The Hall–Kier alpha value is -1.36. The number of furan rings is 1. The fourth-order valence-corrected chi connectivity index (χ4v) is 2.39. The van der Waals surface area contributed by atoms with E-state index in [0.717, 1.165) is 36.2 Å². The Labute approximate surface area is 99.7 Å².